The number of hydrogen-bond donors (Lipinski definition) is 1. The zero-order valence-corrected chi connectivity index (χ0v) is 21.2. The topological polar surface area (TPSA) is 120 Å². The van der Waals surface area contributed by atoms with Crippen LogP contribution < -0.4 is 5.73 Å². The Labute approximate surface area is 222 Å². The fourth-order valence-electron chi connectivity index (χ4n) is 4.81. The predicted octanol–water partition coefficient (Wildman–Crippen LogP) is 4.27. The van der Waals surface area contributed by atoms with Crippen molar-refractivity contribution in [3.63, 3.8) is 0 Å². The van der Waals surface area contributed by atoms with E-state index in [4.69, 9.17) is 10.2 Å². The summed E-state index contributed by atoms with van der Waals surface area (Å²) in [6.45, 7) is 6.89. The molecule has 0 bridgehead atoms. The minimum absolute atomic E-state index is 0.0831. The van der Waals surface area contributed by atoms with Crippen LogP contribution in [-0.2, 0) is 17.8 Å². The number of carbonyl (C=O) groups excluding carboxylic acids is 1. The number of halogens is 1. The Morgan fingerprint density at radius 2 is 2.08 bits per heavy atom. The average molecular weight is 525 g/mol. The number of anilines is 1. The summed E-state index contributed by atoms with van der Waals surface area (Å²) in [5.41, 5.74) is 9.42. The van der Waals surface area contributed by atoms with Crippen molar-refractivity contribution in [1.82, 2.24) is 34.3 Å². The lowest BCUT2D eigenvalue weighted by atomic mass is 9.98. The lowest BCUT2D eigenvalue weighted by Gasteiger charge is -2.32. The van der Waals surface area contributed by atoms with E-state index in [9.17, 15) is 9.18 Å². The van der Waals surface area contributed by atoms with Crippen LogP contribution in [0.4, 0.5) is 10.3 Å². The molecule has 0 fully saturated rings. The number of fused-ring (bicyclic) bond motifs is 4. The van der Waals surface area contributed by atoms with E-state index in [1.165, 1.54) is 27.6 Å². The largest absolute Gasteiger partial charge is 0.461 e. The van der Waals surface area contributed by atoms with E-state index in [0.717, 1.165) is 11.1 Å². The van der Waals surface area contributed by atoms with Gasteiger partial charge in [0, 0.05) is 13.1 Å². The number of rotatable bonds is 6. The SMILES string of the molecule is C=C(/C=C\C=C/C)[C@@H](C(=O)N1CCc2cc(F)ccc2C1)n1ncc2c1nc(N)n1nc(-c3ccco3)nc21. The summed E-state index contributed by atoms with van der Waals surface area (Å²) >= 11 is 0. The fraction of sp³-hybridized carbons (Fsp3) is 0.179. The van der Waals surface area contributed by atoms with E-state index in [-0.39, 0.29) is 17.7 Å². The normalized spacial score (nSPS) is 14.6. The molecule has 0 spiro atoms. The van der Waals surface area contributed by atoms with Gasteiger partial charge in [0.2, 0.25) is 11.8 Å². The van der Waals surface area contributed by atoms with E-state index in [1.807, 2.05) is 25.2 Å². The third-order valence-electron chi connectivity index (χ3n) is 6.73. The van der Waals surface area contributed by atoms with Gasteiger partial charge in [-0.05, 0) is 54.3 Å². The lowest BCUT2D eigenvalue weighted by molar-refractivity contribution is -0.134. The summed E-state index contributed by atoms with van der Waals surface area (Å²) < 4.78 is 22.1. The maximum Gasteiger partial charge on any atom is 0.252 e. The van der Waals surface area contributed by atoms with Crippen LogP contribution in [0.5, 0.6) is 0 Å². The van der Waals surface area contributed by atoms with Gasteiger partial charge in [0.05, 0.1) is 17.8 Å². The van der Waals surface area contributed by atoms with Crippen molar-refractivity contribution >= 4 is 28.5 Å². The molecule has 2 N–H and O–H groups in total. The first kappa shape index (κ1) is 24.3. The highest BCUT2D eigenvalue weighted by molar-refractivity contribution is 5.93. The molecule has 4 aromatic heterocycles. The van der Waals surface area contributed by atoms with Crippen LogP contribution in [-0.4, -0.2) is 46.7 Å². The Bertz CT molecular complexity index is 1780. The Morgan fingerprint density at radius 3 is 2.87 bits per heavy atom. The number of allylic oxidation sites excluding steroid dienone is 4. The molecule has 39 heavy (non-hydrogen) atoms. The summed E-state index contributed by atoms with van der Waals surface area (Å²) in [5, 5.41) is 9.56. The molecular formula is C28H25FN8O2. The van der Waals surface area contributed by atoms with Gasteiger partial charge in [-0.3, -0.25) is 4.79 Å². The van der Waals surface area contributed by atoms with Gasteiger partial charge in [-0.25, -0.2) is 14.1 Å². The first-order chi connectivity index (χ1) is 18.9. The second-order valence-corrected chi connectivity index (χ2v) is 9.23. The molecule has 0 unspecified atom stereocenters. The highest BCUT2D eigenvalue weighted by Crippen LogP contribution is 2.30. The van der Waals surface area contributed by atoms with Crippen molar-refractivity contribution in [1.29, 1.82) is 0 Å². The Morgan fingerprint density at radius 1 is 1.21 bits per heavy atom. The number of amides is 1. The van der Waals surface area contributed by atoms with Crippen molar-refractivity contribution in [3.8, 4) is 11.6 Å². The molecule has 11 heteroatoms. The van der Waals surface area contributed by atoms with Gasteiger partial charge >= 0.3 is 0 Å². The van der Waals surface area contributed by atoms with E-state index >= 15 is 0 Å². The molecule has 1 aliphatic heterocycles. The molecule has 10 nitrogen and oxygen atoms in total. The lowest BCUT2D eigenvalue weighted by Crippen LogP contribution is -2.41. The molecule has 0 radical (unpaired) electrons. The van der Waals surface area contributed by atoms with Gasteiger partial charge < -0.3 is 15.1 Å². The van der Waals surface area contributed by atoms with Crippen LogP contribution in [0.3, 0.4) is 0 Å². The number of benzene rings is 1. The number of carbonyl (C=O) groups is 1. The number of furan rings is 1. The molecule has 1 aliphatic rings. The monoisotopic (exact) mass is 524 g/mol. The van der Waals surface area contributed by atoms with E-state index in [2.05, 4.69) is 26.7 Å². The Kier molecular flexibility index (Phi) is 6.02. The van der Waals surface area contributed by atoms with Crippen molar-refractivity contribution < 1.29 is 13.6 Å². The number of nitrogen functional groups attached to an aromatic ring is 1. The van der Waals surface area contributed by atoms with Crippen LogP contribution in [0.2, 0.25) is 0 Å². The molecule has 0 saturated heterocycles. The molecule has 0 aliphatic carbocycles. The minimum Gasteiger partial charge on any atom is -0.461 e. The summed E-state index contributed by atoms with van der Waals surface area (Å²) in [5.74, 6) is 0.432. The van der Waals surface area contributed by atoms with Crippen LogP contribution in [0, 0.1) is 5.82 Å². The van der Waals surface area contributed by atoms with Gasteiger partial charge in [-0.1, -0.05) is 36.9 Å². The van der Waals surface area contributed by atoms with Gasteiger partial charge in [0.1, 0.15) is 5.82 Å². The van der Waals surface area contributed by atoms with Crippen molar-refractivity contribution in [3.05, 3.63) is 96.2 Å². The Balaban J connectivity index is 1.44. The first-order valence-corrected chi connectivity index (χ1v) is 12.4. The van der Waals surface area contributed by atoms with Gasteiger partial charge in [0.15, 0.2) is 23.1 Å². The maximum absolute atomic E-state index is 14.1. The minimum atomic E-state index is -0.896. The van der Waals surface area contributed by atoms with Crippen LogP contribution in [0.15, 0.2) is 83.7 Å². The second kappa shape index (κ2) is 9.67. The molecule has 6 rings (SSSR count). The van der Waals surface area contributed by atoms with E-state index < -0.39 is 6.04 Å². The zero-order valence-electron chi connectivity index (χ0n) is 21.2. The molecule has 196 valence electrons. The molecule has 0 saturated carbocycles. The molecule has 1 atom stereocenters. The maximum atomic E-state index is 14.1. The summed E-state index contributed by atoms with van der Waals surface area (Å²) in [6, 6.07) is 7.27. The summed E-state index contributed by atoms with van der Waals surface area (Å²) in [7, 11) is 0. The molecule has 5 aromatic rings. The average Bonchev–Trinajstić information content (AvgIpc) is 3.69. The predicted molar refractivity (Wildman–Crippen MR) is 144 cm³/mol. The standard InChI is InChI=1S/C28H25FN8O2/c1-3-4-5-7-17(2)23(27(38)35-12-11-18-14-20(29)10-9-19(18)16-35)36-26-21(15-31-36)25-32-24(22-8-6-13-39-22)34-37(25)28(30)33-26/h3-10,13-15,23H,2,11-12,16H2,1H3,(H2,30,33)/b4-3-,7-5-/t23-/m0/s1. The number of nitrogens with zero attached hydrogens (tertiary/aromatic N) is 7. The third-order valence-corrected chi connectivity index (χ3v) is 6.73. The summed E-state index contributed by atoms with van der Waals surface area (Å²) in [6.07, 6.45) is 11.0. The van der Waals surface area contributed by atoms with Gasteiger partial charge in [0.25, 0.3) is 5.91 Å². The quantitative estimate of drug-likeness (QED) is 0.329. The van der Waals surface area contributed by atoms with Crippen LogP contribution in [0.25, 0.3) is 28.3 Å². The fourth-order valence-corrected chi connectivity index (χ4v) is 4.81. The van der Waals surface area contributed by atoms with Gasteiger partial charge in [-0.15, -0.1) is 5.10 Å². The molecule has 1 amide bonds. The second-order valence-electron chi connectivity index (χ2n) is 9.23. The van der Waals surface area contributed by atoms with E-state index in [1.54, 1.807) is 35.4 Å². The number of hydrogen-bond acceptors (Lipinski definition) is 7. The molecule has 5 heterocycles. The first-order valence-electron chi connectivity index (χ1n) is 12.4. The van der Waals surface area contributed by atoms with Crippen LogP contribution in [0.1, 0.15) is 24.1 Å². The highest BCUT2D eigenvalue weighted by Gasteiger charge is 2.32. The van der Waals surface area contributed by atoms with E-state index in [0.29, 0.717) is 53.3 Å². The van der Waals surface area contributed by atoms with Gasteiger partial charge in [-0.2, -0.15) is 14.6 Å². The number of nitrogens with two attached hydrogens (primary N) is 1. The van der Waals surface area contributed by atoms with Crippen molar-refractivity contribution in [2.45, 2.75) is 25.9 Å². The number of aromatic nitrogens is 6. The molecular weight excluding hydrogens is 499 g/mol. The molecule has 1 aromatic carbocycles. The van der Waals surface area contributed by atoms with Crippen LogP contribution >= 0.6 is 0 Å². The van der Waals surface area contributed by atoms with Crippen molar-refractivity contribution in [2.75, 3.05) is 12.3 Å². The summed E-state index contributed by atoms with van der Waals surface area (Å²) in [4.78, 5) is 25.0. The van der Waals surface area contributed by atoms with Crippen molar-refractivity contribution in [2.24, 2.45) is 0 Å². The Hall–Kier alpha value is -5.06. The zero-order chi connectivity index (χ0) is 27.1. The third kappa shape index (κ3) is 4.27. The highest BCUT2D eigenvalue weighted by atomic mass is 19.1. The smallest absolute Gasteiger partial charge is 0.252 e.